The second-order valence-corrected chi connectivity index (χ2v) is 8.50. The van der Waals surface area contributed by atoms with Crippen LogP contribution in [-0.2, 0) is 0 Å². The number of hydrogen-bond acceptors (Lipinski definition) is 2. The molecule has 0 radical (unpaired) electrons. The van der Waals surface area contributed by atoms with Gasteiger partial charge in [0.05, 0.1) is 5.60 Å². The van der Waals surface area contributed by atoms with Crippen LogP contribution in [0.2, 0.25) is 0 Å². The van der Waals surface area contributed by atoms with Crippen molar-refractivity contribution in [3.8, 4) is 0 Å². The fraction of sp³-hybridized carbons (Fsp3) is 0.889. The molecule has 2 N–H and O–H groups in total. The maximum atomic E-state index is 10.8. The molecule has 3 aliphatic rings. The molecule has 0 amide bonds. The van der Waals surface area contributed by atoms with Crippen LogP contribution < -0.4 is 5.32 Å². The summed E-state index contributed by atoms with van der Waals surface area (Å²) in [6.07, 6.45) is 11.8. The zero-order chi connectivity index (χ0) is 14.4. The van der Waals surface area contributed by atoms with Gasteiger partial charge < -0.3 is 10.4 Å². The Labute approximate surface area is 124 Å². The first-order valence-electron chi connectivity index (χ1n) is 8.51. The van der Waals surface area contributed by atoms with Gasteiger partial charge in [-0.2, -0.15) is 0 Å². The molecule has 0 heterocycles. The van der Waals surface area contributed by atoms with Gasteiger partial charge in [-0.25, -0.2) is 0 Å². The van der Waals surface area contributed by atoms with Gasteiger partial charge in [0.1, 0.15) is 0 Å². The van der Waals surface area contributed by atoms with E-state index in [0.29, 0.717) is 11.5 Å². The van der Waals surface area contributed by atoms with E-state index in [4.69, 9.17) is 0 Å². The van der Waals surface area contributed by atoms with E-state index >= 15 is 0 Å². The number of rotatable bonds is 4. The molecule has 0 aliphatic heterocycles. The van der Waals surface area contributed by atoms with E-state index in [1.807, 2.05) is 0 Å². The predicted molar refractivity (Wildman–Crippen MR) is 83.5 cm³/mol. The Morgan fingerprint density at radius 2 is 1.85 bits per heavy atom. The normalized spacial score (nSPS) is 39.1. The minimum Gasteiger partial charge on any atom is -0.389 e. The van der Waals surface area contributed by atoms with Gasteiger partial charge in [0.25, 0.3) is 0 Å². The lowest BCUT2D eigenvalue weighted by Gasteiger charge is -2.41. The molecule has 3 aliphatic carbocycles. The van der Waals surface area contributed by atoms with E-state index < -0.39 is 5.60 Å². The average molecular weight is 277 g/mol. The van der Waals surface area contributed by atoms with E-state index in [0.717, 1.165) is 50.0 Å². The topological polar surface area (TPSA) is 32.3 Å². The van der Waals surface area contributed by atoms with Gasteiger partial charge in [0, 0.05) is 12.6 Å². The van der Waals surface area contributed by atoms with E-state index in [-0.39, 0.29) is 0 Å². The highest BCUT2D eigenvalue weighted by Gasteiger charge is 2.40. The Hall–Kier alpha value is -0.340. The predicted octanol–water partition coefficient (Wildman–Crippen LogP) is 3.51. The van der Waals surface area contributed by atoms with Gasteiger partial charge in [0.15, 0.2) is 0 Å². The first-order chi connectivity index (χ1) is 9.37. The van der Waals surface area contributed by atoms with Crippen LogP contribution in [0.5, 0.6) is 0 Å². The van der Waals surface area contributed by atoms with Crippen LogP contribution in [0.1, 0.15) is 59.3 Å². The summed E-state index contributed by atoms with van der Waals surface area (Å²) in [4.78, 5) is 0. The Bertz CT molecular complexity index is 377. The molecular formula is C18H31NO. The molecule has 2 bridgehead atoms. The smallest absolute Gasteiger partial charge is 0.0772 e. The number of nitrogens with one attached hydrogen (secondary N) is 1. The highest BCUT2D eigenvalue weighted by molar-refractivity contribution is 5.11. The van der Waals surface area contributed by atoms with Crippen LogP contribution in [0.25, 0.3) is 0 Å². The molecule has 114 valence electrons. The molecule has 2 saturated carbocycles. The maximum absolute atomic E-state index is 10.8. The van der Waals surface area contributed by atoms with Crippen LogP contribution in [0, 0.1) is 23.2 Å². The second kappa shape index (κ2) is 5.14. The number of aliphatic hydroxyl groups is 1. The lowest BCUT2D eigenvalue weighted by molar-refractivity contribution is -0.0271. The quantitative estimate of drug-likeness (QED) is 0.771. The van der Waals surface area contributed by atoms with Crippen molar-refractivity contribution in [3.63, 3.8) is 0 Å². The molecule has 0 aromatic rings. The van der Waals surface area contributed by atoms with Crippen molar-refractivity contribution in [2.45, 2.75) is 70.9 Å². The Kier molecular flexibility index (Phi) is 3.75. The van der Waals surface area contributed by atoms with Gasteiger partial charge in [-0.15, -0.1) is 0 Å². The van der Waals surface area contributed by atoms with Crippen molar-refractivity contribution in [3.05, 3.63) is 12.2 Å². The molecule has 2 fully saturated rings. The van der Waals surface area contributed by atoms with E-state index in [2.05, 4.69) is 38.2 Å². The lowest BCUT2D eigenvalue weighted by Crippen LogP contribution is -2.49. The van der Waals surface area contributed by atoms with Crippen molar-refractivity contribution >= 4 is 0 Å². The van der Waals surface area contributed by atoms with Gasteiger partial charge in [0.2, 0.25) is 0 Å². The van der Waals surface area contributed by atoms with Crippen LogP contribution in [-0.4, -0.2) is 23.3 Å². The lowest BCUT2D eigenvalue weighted by atomic mass is 9.71. The fourth-order valence-electron chi connectivity index (χ4n) is 4.47. The number of allylic oxidation sites excluding steroid dienone is 2. The van der Waals surface area contributed by atoms with Crippen LogP contribution >= 0.6 is 0 Å². The van der Waals surface area contributed by atoms with Gasteiger partial charge in [-0.05, 0) is 68.6 Å². The highest BCUT2D eigenvalue weighted by atomic mass is 16.3. The third-order valence-electron chi connectivity index (χ3n) is 6.26. The Morgan fingerprint density at radius 1 is 1.15 bits per heavy atom. The molecule has 4 atom stereocenters. The Morgan fingerprint density at radius 3 is 2.40 bits per heavy atom. The highest BCUT2D eigenvalue weighted by Crippen LogP contribution is 2.45. The molecule has 2 nitrogen and oxygen atoms in total. The third kappa shape index (κ3) is 2.96. The molecule has 0 spiro atoms. The summed E-state index contributed by atoms with van der Waals surface area (Å²) in [5.74, 6) is 2.42. The molecule has 3 rings (SSSR count). The number of fused-ring (bicyclic) bond motifs is 2. The first-order valence-corrected chi connectivity index (χ1v) is 8.51. The summed E-state index contributed by atoms with van der Waals surface area (Å²) in [7, 11) is 0. The average Bonchev–Trinajstić information content (AvgIpc) is 3.03. The molecule has 20 heavy (non-hydrogen) atoms. The zero-order valence-electron chi connectivity index (χ0n) is 13.4. The van der Waals surface area contributed by atoms with E-state index in [9.17, 15) is 5.11 Å². The van der Waals surface area contributed by atoms with Crippen molar-refractivity contribution in [2.75, 3.05) is 6.54 Å². The second-order valence-electron chi connectivity index (χ2n) is 8.50. The molecule has 0 aromatic carbocycles. The summed E-state index contributed by atoms with van der Waals surface area (Å²) in [6, 6.07) is 0.536. The standard InChI is InChI=1S/C18H31NO/c1-13(16-11-14-4-5-15(16)10-14)19-12-18(20)8-6-17(2,3)7-9-18/h4-5,13-16,19-20H,6-12H2,1-3H3. The minimum absolute atomic E-state index is 0.424. The van der Waals surface area contributed by atoms with Crippen LogP contribution in [0.4, 0.5) is 0 Å². The summed E-state index contributed by atoms with van der Waals surface area (Å²) >= 11 is 0. The minimum atomic E-state index is -0.461. The van der Waals surface area contributed by atoms with Crippen LogP contribution in [0.15, 0.2) is 12.2 Å². The third-order valence-corrected chi connectivity index (χ3v) is 6.26. The molecule has 4 unspecified atom stereocenters. The van der Waals surface area contributed by atoms with Crippen molar-refractivity contribution in [2.24, 2.45) is 23.2 Å². The fourth-order valence-corrected chi connectivity index (χ4v) is 4.47. The summed E-state index contributed by atoms with van der Waals surface area (Å²) in [5, 5.41) is 14.4. The summed E-state index contributed by atoms with van der Waals surface area (Å²) in [6.45, 7) is 7.74. The van der Waals surface area contributed by atoms with E-state index in [1.165, 1.54) is 12.8 Å². The zero-order valence-corrected chi connectivity index (χ0v) is 13.4. The van der Waals surface area contributed by atoms with Crippen molar-refractivity contribution in [1.82, 2.24) is 5.32 Å². The van der Waals surface area contributed by atoms with Crippen molar-refractivity contribution in [1.29, 1.82) is 0 Å². The SMILES string of the molecule is CC(NCC1(O)CCC(C)(C)CC1)C1CC2C=CC1C2. The van der Waals surface area contributed by atoms with Crippen molar-refractivity contribution < 1.29 is 5.11 Å². The molecule has 2 heteroatoms. The van der Waals surface area contributed by atoms with Gasteiger partial charge in [-0.1, -0.05) is 26.0 Å². The summed E-state index contributed by atoms with van der Waals surface area (Å²) in [5.41, 5.74) is -0.0372. The first kappa shape index (κ1) is 14.6. The van der Waals surface area contributed by atoms with Gasteiger partial charge >= 0.3 is 0 Å². The maximum Gasteiger partial charge on any atom is 0.0772 e. The van der Waals surface area contributed by atoms with E-state index in [1.54, 1.807) is 0 Å². The Balaban J connectivity index is 1.48. The van der Waals surface area contributed by atoms with Gasteiger partial charge in [-0.3, -0.25) is 0 Å². The molecule has 0 saturated heterocycles. The number of hydrogen-bond donors (Lipinski definition) is 2. The van der Waals surface area contributed by atoms with Crippen LogP contribution in [0.3, 0.4) is 0 Å². The molecule has 0 aromatic heterocycles. The molecular weight excluding hydrogens is 246 g/mol. The summed E-state index contributed by atoms with van der Waals surface area (Å²) < 4.78 is 0. The monoisotopic (exact) mass is 277 g/mol. The largest absolute Gasteiger partial charge is 0.389 e.